The van der Waals surface area contributed by atoms with Crippen LogP contribution >= 0.6 is 11.8 Å². The fraction of sp³-hybridized carbons (Fsp3) is 0.565. The second-order valence-electron chi connectivity index (χ2n) is 9.14. The van der Waals surface area contributed by atoms with E-state index in [0.29, 0.717) is 10.5 Å². The van der Waals surface area contributed by atoms with Gasteiger partial charge in [0, 0.05) is 18.7 Å². The van der Waals surface area contributed by atoms with Gasteiger partial charge in [0.2, 0.25) is 11.0 Å². The van der Waals surface area contributed by atoms with Crippen molar-refractivity contribution in [1.82, 2.24) is 10.2 Å². The number of benzene rings is 1. The van der Waals surface area contributed by atoms with E-state index >= 15 is 0 Å². The van der Waals surface area contributed by atoms with Gasteiger partial charge in [0.05, 0.1) is 0 Å². The Kier molecular flexibility index (Phi) is 9.59. The highest BCUT2D eigenvalue weighted by molar-refractivity contribution is 8.13. The largest absolute Gasteiger partial charge is 0.480 e. The Balaban J connectivity index is 2.16. The summed E-state index contributed by atoms with van der Waals surface area (Å²) < 4.78 is 46.4. The van der Waals surface area contributed by atoms with Gasteiger partial charge in [-0.15, -0.1) is 0 Å². The van der Waals surface area contributed by atoms with Crippen LogP contribution in [-0.4, -0.2) is 69.3 Å². The van der Waals surface area contributed by atoms with Crippen LogP contribution in [0.3, 0.4) is 0 Å². The monoisotopic (exact) mass is 518 g/mol. The topological polar surface area (TPSA) is 113 Å². The first-order chi connectivity index (χ1) is 16.2. The number of carboxylic acids is 1. The number of carbonyl (C=O) groups excluding carboxylic acids is 3. The Morgan fingerprint density at radius 3 is 2.34 bits per heavy atom. The van der Waals surface area contributed by atoms with E-state index in [1.54, 1.807) is 51.1 Å². The molecule has 35 heavy (non-hydrogen) atoms. The maximum atomic E-state index is 13.7. The Morgan fingerprint density at radius 2 is 1.80 bits per heavy atom. The highest BCUT2D eigenvalue weighted by atomic mass is 32.2. The average molecular weight is 519 g/mol. The molecule has 2 rings (SSSR count). The molecule has 1 aromatic carbocycles. The molecule has 1 aliphatic heterocycles. The van der Waals surface area contributed by atoms with Gasteiger partial charge in [-0.05, 0) is 39.2 Å². The summed E-state index contributed by atoms with van der Waals surface area (Å²) in [5.41, 5.74) is -0.200. The predicted molar refractivity (Wildman–Crippen MR) is 123 cm³/mol. The highest BCUT2D eigenvalue weighted by Crippen LogP contribution is 2.33. The molecule has 1 fully saturated rings. The molecule has 194 valence electrons. The number of halogens is 3. The van der Waals surface area contributed by atoms with E-state index in [9.17, 15) is 37.5 Å². The average Bonchev–Trinajstić information content (AvgIpc) is 3.22. The third kappa shape index (κ3) is 8.75. The van der Waals surface area contributed by atoms with E-state index in [1.807, 2.05) is 0 Å². The predicted octanol–water partition coefficient (Wildman–Crippen LogP) is 3.64. The summed E-state index contributed by atoms with van der Waals surface area (Å²) >= 11 is 0.271. The summed E-state index contributed by atoms with van der Waals surface area (Å²) in [5, 5.41) is 10.9. The normalized spacial score (nSPS) is 18.0. The van der Waals surface area contributed by atoms with Crippen LogP contribution in [0, 0.1) is 5.92 Å². The van der Waals surface area contributed by atoms with Crippen LogP contribution in [0.4, 0.5) is 18.0 Å². The second-order valence-corrected chi connectivity index (χ2v) is 10.2. The first-order valence-corrected chi connectivity index (χ1v) is 12.0. The number of carboxylic acid groups (broad SMARTS) is 1. The summed E-state index contributed by atoms with van der Waals surface area (Å²) in [6.07, 6.45) is -5.54. The first-order valence-electron chi connectivity index (χ1n) is 11.0. The van der Waals surface area contributed by atoms with Gasteiger partial charge in [-0.25, -0.2) is 9.59 Å². The number of aliphatic carboxylic acids is 1. The van der Waals surface area contributed by atoms with Crippen LogP contribution < -0.4 is 5.32 Å². The fourth-order valence-electron chi connectivity index (χ4n) is 3.55. The van der Waals surface area contributed by atoms with Gasteiger partial charge < -0.3 is 20.1 Å². The van der Waals surface area contributed by atoms with E-state index in [-0.39, 0.29) is 37.6 Å². The number of likely N-dealkylation sites (tertiary alicyclic amines) is 1. The molecular formula is C23H29F3N2O6S. The number of nitrogens with one attached hydrogen (secondary N) is 1. The van der Waals surface area contributed by atoms with E-state index < -0.39 is 58.6 Å². The molecule has 3 atom stereocenters. The molecule has 1 aromatic rings. The van der Waals surface area contributed by atoms with Gasteiger partial charge in [0.15, 0.2) is 0 Å². The molecule has 2 amide bonds. The van der Waals surface area contributed by atoms with Crippen molar-refractivity contribution in [3.8, 4) is 0 Å². The molecule has 0 saturated carbocycles. The third-order valence-electron chi connectivity index (χ3n) is 5.16. The van der Waals surface area contributed by atoms with E-state index in [4.69, 9.17) is 4.74 Å². The molecule has 2 unspecified atom stereocenters. The standard InChI is InChI=1S/C23H29F3N2O6S/c1-22(2,3)34-21(33)27-16(12-14-8-5-4-6-9-14)20(32)35-13-15(23(24,25)26)18(29)28-11-7-10-17(28)19(30)31/h4-6,8-9,15-17H,7,10-13H2,1-3H3,(H,27,33)(H,30,31)/t15?,16?,17-/m0/s1. The van der Waals surface area contributed by atoms with Crippen molar-refractivity contribution in [1.29, 1.82) is 0 Å². The van der Waals surface area contributed by atoms with E-state index in [0.717, 1.165) is 0 Å². The summed E-state index contributed by atoms with van der Waals surface area (Å²) in [5.74, 6) is -6.24. The van der Waals surface area contributed by atoms with Crippen LogP contribution in [0.15, 0.2) is 30.3 Å². The van der Waals surface area contributed by atoms with Crippen molar-refractivity contribution in [3.63, 3.8) is 0 Å². The highest BCUT2D eigenvalue weighted by Gasteiger charge is 2.49. The van der Waals surface area contributed by atoms with Gasteiger partial charge in [-0.3, -0.25) is 9.59 Å². The lowest BCUT2D eigenvalue weighted by molar-refractivity contribution is -0.186. The molecule has 0 aliphatic carbocycles. The van der Waals surface area contributed by atoms with Crippen LogP contribution in [0.1, 0.15) is 39.2 Å². The van der Waals surface area contributed by atoms with E-state index in [1.165, 1.54) is 0 Å². The fourth-order valence-corrected chi connectivity index (χ4v) is 4.56. The number of hydrogen-bond acceptors (Lipinski definition) is 6. The second kappa shape index (κ2) is 11.8. The van der Waals surface area contributed by atoms with Crippen LogP contribution in [0.5, 0.6) is 0 Å². The maximum Gasteiger partial charge on any atom is 0.408 e. The Bertz CT molecular complexity index is 920. The van der Waals surface area contributed by atoms with Gasteiger partial charge in [0.1, 0.15) is 23.6 Å². The van der Waals surface area contributed by atoms with Gasteiger partial charge in [0.25, 0.3) is 0 Å². The number of alkyl halides is 3. The number of hydrogen-bond donors (Lipinski definition) is 2. The zero-order valence-corrected chi connectivity index (χ0v) is 20.4. The molecule has 12 heteroatoms. The van der Waals surface area contributed by atoms with Gasteiger partial charge in [-0.2, -0.15) is 13.2 Å². The number of alkyl carbamates (subject to hydrolysis) is 1. The zero-order chi connectivity index (χ0) is 26.4. The summed E-state index contributed by atoms with van der Waals surface area (Å²) in [7, 11) is 0. The minimum atomic E-state index is -4.98. The SMILES string of the molecule is CC(C)(C)OC(=O)NC(Cc1ccccc1)C(=O)SCC(C(=O)N1CCC[C@H]1C(=O)O)C(F)(F)F. The van der Waals surface area contributed by atoms with Crippen molar-refractivity contribution in [2.45, 2.75) is 63.9 Å². The zero-order valence-electron chi connectivity index (χ0n) is 19.6. The minimum absolute atomic E-state index is 0.00373. The third-order valence-corrected chi connectivity index (χ3v) is 6.23. The lowest BCUT2D eigenvalue weighted by atomic mass is 10.1. The Morgan fingerprint density at radius 1 is 1.17 bits per heavy atom. The number of rotatable bonds is 8. The summed E-state index contributed by atoms with van der Waals surface area (Å²) in [6.45, 7) is 4.77. The molecule has 8 nitrogen and oxygen atoms in total. The minimum Gasteiger partial charge on any atom is -0.480 e. The molecule has 0 aromatic heterocycles. The van der Waals surface area contributed by atoms with Crippen LogP contribution in [0.25, 0.3) is 0 Å². The Hall–Kier alpha value is -2.76. The molecule has 1 heterocycles. The summed E-state index contributed by atoms with van der Waals surface area (Å²) in [6, 6.07) is 6.04. The number of carbonyl (C=O) groups is 4. The van der Waals surface area contributed by atoms with Crippen molar-refractivity contribution in [3.05, 3.63) is 35.9 Å². The van der Waals surface area contributed by atoms with Crippen LogP contribution in [0.2, 0.25) is 0 Å². The quantitative estimate of drug-likeness (QED) is 0.540. The van der Waals surface area contributed by atoms with Crippen molar-refractivity contribution in [2.75, 3.05) is 12.3 Å². The van der Waals surface area contributed by atoms with Crippen molar-refractivity contribution < 1.29 is 42.2 Å². The van der Waals surface area contributed by atoms with Crippen LogP contribution in [-0.2, 0) is 25.5 Å². The number of nitrogens with zero attached hydrogens (tertiary/aromatic N) is 1. The summed E-state index contributed by atoms with van der Waals surface area (Å²) in [4.78, 5) is 49.8. The Labute approximate surface area is 205 Å². The number of thioether (sulfide) groups is 1. The molecule has 0 spiro atoms. The maximum absolute atomic E-state index is 13.7. The number of ether oxygens (including phenoxy) is 1. The first kappa shape index (κ1) is 28.5. The number of amides is 2. The molecule has 2 N–H and O–H groups in total. The van der Waals surface area contributed by atoms with E-state index in [2.05, 4.69) is 5.32 Å². The lowest BCUT2D eigenvalue weighted by Gasteiger charge is -2.28. The molecule has 1 saturated heterocycles. The van der Waals surface area contributed by atoms with Crippen molar-refractivity contribution in [2.24, 2.45) is 5.92 Å². The lowest BCUT2D eigenvalue weighted by Crippen LogP contribution is -2.48. The van der Waals surface area contributed by atoms with Gasteiger partial charge in [-0.1, -0.05) is 42.1 Å². The smallest absolute Gasteiger partial charge is 0.408 e. The molecule has 0 bridgehead atoms. The molecule has 0 radical (unpaired) electrons. The molecule has 1 aliphatic rings. The molecular weight excluding hydrogens is 489 g/mol. The van der Waals surface area contributed by atoms with Gasteiger partial charge >= 0.3 is 18.2 Å². The van der Waals surface area contributed by atoms with Crippen molar-refractivity contribution >= 4 is 34.8 Å².